The van der Waals surface area contributed by atoms with Gasteiger partial charge in [0.1, 0.15) is 0 Å². The van der Waals surface area contributed by atoms with Gasteiger partial charge < -0.3 is 4.90 Å². The first-order chi connectivity index (χ1) is 9.13. The fourth-order valence-corrected chi connectivity index (χ4v) is 3.06. The molecule has 0 saturated heterocycles. The van der Waals surface area contributed by atoms with Gasteiger partial charge in [-0.05, 0) is 37.6 Å². The molecular weight excluding hydrogens is 230 g/mol. The third-order valence-electron chi connectivity index (χ3n) is 4.09. The van der Waals surface area contributed by atoms with Gasteiger partial charge in [0.25, 0.3) is 0 Å². The summed E-state index contributed by atoms with van der Waals surface area (Å²) in [7, 11) is 2.21. The summed E-state index contributed by atoms with van der Waals surface area (Å²) < 4.78 is 0. The first kappa shape index (κ1) is 12.4. The Hall–Kier alpha value is -1.60. The maximum atomic E-state index is 2.42. The molecule has 1 atom stereocenters. The molecule has 1 heteroatoms. The summed E-state index contributed by atoms with van der Waals surface area (Å²) in [5, 5.41) is 0. The summed E-state index contributed by atoms with van der Waals surface area (Å²) in [6, 6.07) is 15.9. The van der Waals surface area contributed by atoms with Crippen LogP contribution in [0.25, 0.3) is 0 Å². The van der Waals surface area contributed by atoms with Crippen LogP contribution in [0.1, 0.15) is 33.7 Å². The zero-order valence-electron chi connectivity index (χ0n) is 12.0. The molecule has 0 saturated carbocycles. The fourth-order valence-electron chi connectivity index (χ4n) is 3.06. The molecule has 98 valence electrons. The lowest BCUT2D eigenvalue weighted by atomic mass is 9.84. The van der Waals surface area contributed by atoms with Crippen molar-refractivity contribution in [2.45, 2.75) is 26.3 Å². The zero-order valence-corrected chi connectivity index (χ0v) is 12.0. The van der Waals surface area contributed by atoms with E-state index in [1.54, 1.807) is 0 Å². The predicted molar refractivity (Wildman–Crippen MR) is 80.5 cm³/mol. The minimum atomic E-state index is 0.509. The topological polar surface area (TPSA) is 3.24 Å². The molecule has 1 aliphatic heterocycles. The molecule has 1 heterocycles. The van der Waals surface area contributed by atoms with Crippen molar-refractivity contribution < 1.29 is 0 Å². The third kappa shape index (κ3) is 2.43. The Bertz CT molecular complexity index is 583. The second-order valence-electron chi connectivity index (χ2n) is 5.86. The van der Waals surface area contributed by atoms with Gasteiger partial charge in [0.2, 0.25) is 0 Å². The van der Waals surface area contributed by atoms with Crippen molar-refractivity contribution in [1.82, 2.24) is 4.90 Å². The highest BCUT2D eigenvalue weighted by Crippen LogP contribution is 2.33. The van der Waals surface area contributed by atoms with E-state index < -0.39 is 0 Å². The molecule has 0 aromatic heterocycles. The van der Waals surface area contributed by atoms with E-state index in [0.717, 1.165) is 13.1 Å². The zero-order chi connectivity index (χ0) is 13.4. The molecule has 0 N–H and O–H groups in total. The number of likely N-dealkylation sites (N-methyl/N-ethyl adjacent to an activating group) is 1. The maximum absolute atomic E-state index is 2.42. The Morgan fingerprint density at radius 1 is 0.947 bits per heavy atom. The molecule has 0 fully saturated rings. The first-order valence-electron chi connectivity index (χ1n) is 6.98. The van der Waals surface area contributed by atoms with E-state index in [0.29, 0.717) is 5.92 Å². The lowest BCUT2D eigenvalue weighted by molar-refractivity contribution is 0.295. The molecule has 0 radical (unpaired) electrons. The van der Waals surface area contributed by atoms with E-state index in [9.17, 15) is 0 Å². The normalized spacial score (nSPS) is 19.2. The van der Waals surface area contributed by atoms with Crippen LogP contribution in [0.3, 0.4) is 0 Å². The lowest BCUT2D eigenvalue weighted by Gasteiger charge is -2.33. The van der Waals surface area contributed by atoms with Crippen molar-refractivity contribution in [2.75, 3.05) is 13.6 Å². The molecule has 2 aromatic rings. The Morgan fingerprint density at radius 3 is 2.37 bits per heavy atom. The molecule has 0 spiro atoms. The van der Waals surface area contributed by atoms with E-state index >= 15 is 0 Å². The summed E-state index contributed by atoms with van der Waals surface area (Å²) in [5.41, 5.74) is 7.11. The van der Waals surface area contributed by atoms with Gasteiger partial charge in [0.15, 0.2) is 0 Å². The molecule has 1 aliphatic rings. The smallest absolute Gasteiger partial charge is 0.0234 e. The maximum Gasteiger partial charge on any atom is 0.0234 e. The average molecular weight is 251 g/mol. The molecule has 2 aromatic carbocycles. The van der Waals surface area contributed by atoms with E-state index in [1.165, 1.54) is 27.8 Å². The van der Waals surface area contributed by atoms with Crippen LogP contribution in [-0.4, -0.2) is 18.5 Å². The molecule has 0 amide bonds. The number of rotatable bonds is 1. The van der Waals surface area contributed by atoms with Crippen molar-refractivity contribution in [3.8, 4) is 0 Å². The molecule has 3 rings (SSSR count). The predicted octanol–water partition coefficient (Wildman–Crippen LogP) is 3.88. The minimum absolute atomic E-state index is 0.509. The Labute approximate surface area is 115 Å². The second-order valence-corrected chi connectivity index (χ2v) is 5.86. The van der Waals surface area contributed by atoms with E-state index in [4.69, 9.17) is 0 Å². The van der Waals surface area contributed by atoms with Gasteiger partial charge in [-0.15, -0.1) is 0 Å². The van der Waals surface area contributed by atoms with Gasteiger partial charge in [-0.2, -0.15) is 0 Å². The Balaban J connectivity index is 2.05. The van der Waals surface area contributed by atoms with Crippen LogP contribution >= 0.6 is 0 Å². The highest BCUT2D eigenvalue weighted by molar-refractivity contribution is 5.42. The number of fused-ring (bicyclic) bond motifs is 1. The SMILES string of the molecule is Cc1ccc([C@@H]2CN(C)Cc3cc(C)ccc32)cc1. The monoisotopic (exact) mass is 251 g/mol. The van der Waals surface area contributed by atoms with Crippen LogP contribution in [-0.2, 0) is 6.54 Å². The fraction of sp³-hybridized carbons (Fsp3) is 0.333. The van der Waals surface area contributed by atoms with Crippen LogP contribution < -0.4 is 0 Å². The molecule has 0 bridgehead atoms. The van der Waals surface area contributed by atoms with Crippen molar-refractivity contribution in [2.24, 2.45) is 0 Å². The van der Waals surface area contributed by atoms with Crippen LogP contribution in [0.2, 0.25) is 0 Å². The van der Waals surface area contributed by atoms with Gasteiger partial charge in [0, 0.05) is 19.0 Å². The van der Waals surface area contributed by atoms with Crippen LogP contribution in [0.4, 0.5) is 0 Å². The number of hydrogen-bond acceptors (Lipinski definition) is 1. The summed E-state index contributed by atoms with van der Waals surface area (Å²) in [6.07, 6.45) is 0. The van der Waals surface area contributed by atoms with Crippen molar-refractivity contribution in [3.05, 3.63) is 70.3 Å². The molecule has 1 nitrogen and oxygen atoms in total. The molecular formula is C18H21N. The quantitative estimate of drug-likeness (QED) is 0.743. The lowest BCUT2D eigenvalue weighted by Crippen LogP contribution is -2.31. The standard InChI is InChI=1S/C18H21N/c1-13-4-7-15(8-5-13)18-12-19(3)11-16-10-14(2)6-9-17(16)18/h4-10,18H,11-12H2,1-3H3/t18-/m0/s1. The Morgan fingerprint density at radius 2 is 1.63 bits per heavy atom. The number of benzene rings is 2. The van der Waals surface area contributed by atoms with E-state index in [2.05, 4.69) is 68.3 Å². The third-order valence-corrected chi connectivity index (χ3v) is 4.09. The van der Waals surface area contributed by atoms with Crippen LogP contribution in [0, 0.1) is 13.8 Å². The number of hydrogen-bond donors (Lipinski definition) is 0. The summed E-state index contributed by atoms with van der Waals surface area (Å²) in [4.78, 5) is 2.42. The highest BCUT2D eigenvalue weighted by atomic mass is 15.1. The van der Waals surface area contributed by atoms with Gasteiger partial charge in [-0.1, -0.05) is 53.6 Å². The Kier molecular flexibility index (Phi) is 3.16. The van der Waals surface area contributed by atoms with Gasteiger partial charge in [-0.3, -0.25) is 0 Å². The molecule has 0 aliphatic carbocycles. The van der Waals surface area contributed by atoms with E-state index in [-0.39, 0.29) is 0 Å². The van der Waals surface area contributed by atoms with Crippen molar-refractivity contribution in [3.63, 3.8) is 0 Å². The minimum Gasteiger partial charge on any atom is -0.301 e. The van der Waals surface area contributed by atoms with Crippen molar-refractivity contribution >= 4 is 0 Å². The second kappa shape index (κ2) is 4.82. The van der Waals surface area contributed by atoms with Gasteiger partial charge in [-0.25, -0.2) is 0 Å². The summed E-state index contributed by atoms with van der Waals surface area (Å²) in [6.45, 7) is 6.50. The van der Waals surface area contributed by atoms with Crippen LogP contribution in [0.5, 0.6) is 0 Å². The molecule has 0 unspecified atom stereocenters. The highest BCUT2D eigenvalue weighted by Gasteiger charge is 2.24. The number of aryl methyl sites for hydroxylation is 2. The van der Waals surface area contributed by atoms with Gasteiger partial charge in [0.05, 0.1) is 0 Å². The molecule has 19 heavy (non-hydrogen) atoms. The van der Waals surface area contributed by atoms with E-state index in [1.807, 2.05) is 0 Å². The van der Waals surface area contributed by atoms with Crippen LogP contribution in [0.15, 0.2) is 42.5 Å². The largest absolute Gasteiger partial charge is 0.301 e. The summed E-state index contributed by atoms with van der Waals surface area (Å²) >= 11 is 0. The summed E-state index contributed by atoms with van der Waals surface area (Å²) in [5.74, 6) is 0.509. The van der Waals surface area contributed by atoms with Gasteiger partial charge >= 0.3 is 0 Å². The van der Waals surface area contributed by atoms with Crippen molar-refractivity contribution in [1.29, 1.82) is 0 Å². The first-order valence-corrected chi connectivity index (χ1v) is 6.98. The number of nitrogens with zero attached hydrogens (tertiary/aromatic N) is 1. The average Bonchev–Trinajstić information content (AvgIpc) is 2.38.